The molecule has 0 bridgehead atoms. The summed E-state index contributed by atoms with van der Waals surface area (Å²) in [6.07, 6.45) is 1.52. The van der Waals surface area contributed by atoms with Gasteiger partial charge < -0.3 is 10.2 Å². The molecule has 1 heterocycles. The lowest BCUT2D eigenvalue weighted by Gasteiger charge is -2.08. The fraction of sp³-hybridized carbons (Fsp3) is 0.231. The number of anilines is 1. The number of nitrogens with zero attached hydrogens (tertiary/aromatic N) is 2. The summed E-state index contributed by atoms with van der Waals surface area (Å²) in [5.74, 6) is 4.70. The van der Waals surface area contributed by atoms with E-state index >= 15 is 0 Å². The van der Waals surface area contributed by atoms with Gasteiger partial charge in [0.05, 0.1) is 0 Å². The Balaban J connectivity index is 2.27. The van der Waals surface area contributed by atoms with Gasteiger partial charge in [-0.15, -0.1) is 0 Å². The van der Waals surface area contributed by atoms with Crippen LogP contribution in [0.3, 0.4) is 0 Å². The Labute approximate surface area is 114 Å². The highest BCUT2D eigenvalue weighted by atomic mass is 19.2. The third-order valence-electron chi connectivity index (χ3n) is 2.48. The molecule has 0 atom stereocenters. The van der Waals surface area contributed by atoms with E-state index in [1.54, 1.807) is 0 Å². The number of benzene rings is 1. The van der Waals surface area contributed by atoms with Gasteiger partial charge in [0.2, 0.25) is 5.88 Å². The monoisotopic (exact) mass is 280 g/mol. The van der Waals surface area contributed by atoms with Crippen LogP contribution in [0, 0.1) is 11.6 Å². The van der Waals surface area contributed by atoms with Crippen molar-refractivity contribution in [1.29, 1.82) is 0 Å². The molecule has 2 aromatic rings. The fourth-order valence-electron chi connectivity index (χ4n) is 1.60. The third kappa shape index (κ3) is 3.39. The molecule has 1 aromatic heterocycles. The van der Waals surface area contributed by atoms with E-state index in [1.165, 1.54) is 12.1 Å². The minimum atomic E-state index is -0.984. The number of aryl methyl sites for hydroxylation is 1. The molecule has 106 valence electrons. The smallest absolute Gasteiger partial charge is 0.224 e. The van der Waals surface area contributed by atoms with Crippen LogP contribution in [0.4, 0.5) is 14.6 Å². The highest BCUT2D eigenvalue weighted by molar-refractivity contribution is 5.39. The van der Waals surface area contributed by atoms with Gasteiger partial charge in [-0.25, -0.2) is 19.6 Å². The molecule has 0 unspecified atom stereocenters. The van der Waals surface area contributed by atoms with E-state index in [0.717, 1.165) is 18.6 Å². The number of nitrogens with one attached hydrogen (secondary N) is 1. The molecule has 3 N–H and O–H groups in total. The second kappa shape index (κ2) is 6.25. The van der Waals surface area contributed by atoms with Gasteiger partial charge in [0.15, 0.2) is 11.6 Å². The number of hydrogen-bond donors (Lipinski definition) is 2. The topological polar surface area (TPSA) is 73.1 Å². The SMILES string of the molecule is CCCc1nc(NN)cc(Oc2ccc(F)c(F)c2)n1. The van der Waals surface area contributed by atoms with Gasteiger partial charge in [-0.2, -0.15) is 4.98 Å². The minimum Gasteiger partial charge on any atom is -0.439 e. The summed E-state index contributed by atoms with van der Waals surface area (Å²) in [4.78, 5) is 8.33. The highest BCUT2D eigenvalue weighted by Crippen LogP contribution is 2.23. The summed E-state index contributed by atoms with van der Waals surface area (Å²) in [5.41, 5.74) is 2.41. The number of halogens is 2. The molecule has 0 aliphatic heterocycles. The number of hydrazine groups is 1. The average molecular weight is 280 g/mol. The predicted octanol–water partition coefficient (Wildman–Crippen LogP) is 2.79. The Morgan fingerprint density at radius 1 is 1.20 bits per heavy atom. The van der Waals surface area contributed by atoms with Crippen molar-refractivity contribution in [3.63, 3.8) is 0 Å². The number of hydrogen-bond acceptors (Lipinski definition) is 5. The second-order valence-corrected chi connectivity index (χ2v) is 4.08. The van der Waals surface area contributed by atoms with Crippen molar-refractivity contribution >= 4 is 5.82 Å². The zero-order chi connectivity index (χ0) is 14.5. The fourth-order valence-corrected chi connectivity index (χ4v) is 1.60. The maximum Gasteiger partial charge on any atom is 0.224 e. The number of ether oxygens (including phenoxy) is 1. The zero-order valence-corrected chi connectivity index (χ0v) is 10.9. The van der Waals surface area contributed by atoms with Crippen LogP contribution in [0.25, 0.3) is 0 Å². The van der Waals surface area contributed by atoms with Gasteiger partial charge in [0.25, 0.3) is 0 Å². The van der Waals surface area contributed by atoms with Crippen LogP contribution in [0.5, 0.6) is 11.6 Å². The van der Waals surface area contributed by atoms with E-state index in [2.05, 4.69) is 15.4 Å². The lowest BCUT2D eigenvalue weighted by molar-refractivity contribution is 0.444. The van der Waals surface area contributed by atoms with E-state index in [-0.39, 0.29) is 11.6 Å². The van der Waals surface area contributed by atoms with Crippen molar-refractivity contribution in [2.24, 2.45) is 5.84 Å². The van der Waals surface area contributed by atoms with Gasteiger partial charge in [-0.3, -0.25) is 0 Å². The molecule has 0 amide bonds. The zero-order valence-electron chi connectivity index (χ0n) is 10.9. The Bertz CT molecular complexity index is 607. The molecule has 0 aliphatic carbocycles. The number of aromatic nitrogens is 2. The highest BCUT2D eigenvalue weighted by Gasteiger charge is 2.08. The number of nitrogens with two attached hydrogens (primary N) is 1. The van der Waals surface area contributed by atoms with Crippen molar-refractivity contribution < 1.29 is 13.5 Å². The molecule has 0 aliphatic rings. The van der Waals surface area contributed by atoms with Crippen LogP contribution in [0.15, 0.2) is 24.3 Å². The van der Waals surface area contributed by atoms with Crippen LogP contribution in [-0.4, -0.2) is 9.97 Å². The van der Waals surface area contributed by atoms with Gasteiger partial charge in [-0.1, -0.05) is 6.92 Å². The maximum atomic E-state index is 13.1. The summed E-state index contributed by atoms with van der Waals surface area (Å²) in [7, 11) is 0. The Hall–Kier alpha value is -2.28. The van der Waals surface area contributed by atoms with Crippen molar-refractivity contribution in [2.45, 2.75) is 19.8 Å². The van der Waals surface area contributed by atoms with Crippen LogP contribution in [0.1, 0.15) is 19.2 Å². The Kier molecular flexibility index (Phi) is 4.41. The van der Waals surface area contributed by atoms with E-state index in [0.29, 0.717) is 18.1 Å². The van der Waals surface area contributed by atoms with E-state index in [9.17, 15) is 8.78 Å². The standard InChI is InChI=1S/C13H14F2N4O/c1-2-3-11-17-12(19-16)7-13(18-11)20-8-4-5-9(14)10(15)6-8/h4-7H,2-3,16H2,1H3,(H,17,18,19). The average Bonchev–Trinajstić information content (AvgIpc) is 2.43. The van der Waals surface area contributed by atoms with Crippen molar-refractivity contribution in [3.8, 4) is 11.6 Å². The first-order valence-electron chi connectivity index (χ1n) is 6.10. The van der Waals surface area contributed by atoms with E-state index in [1.807, 2.05) is 6.92 Å². The quantitative estimate of drug-likeness (QED) is 0.651. The predicted molar refractivity (Wildman–Crippen MR) is 70.3 cm³/mol. The molecular weight excluding hydrogens is 266 g/mol. The molecule has 0 saturated carbocycles. The summed E-state index contributed by atoms with van der Waals surface area (Å²) in [6.45, 7) is 1.99. The van der Waals surface area contributed by atoms with Crippen LogP contribution in [-0.2, 0) is 6.42 Å². The van der Waals surface area contributed by atoms with Crippen LogP contribution >= 0.6 is 0 Å². The van der Waals surface area contributed by atoms with Crippen LogP contribution in [0.2, 0.25) is 0 Å². The molecule has 1 aromatic carbocycles. The maximum absolute atomic E-state index is 13.1. The van der Waals surface area contributed by atoms with Crippen molar-refractivity contribution in [2.75, 3.05) is 5.43 Å². The first kappa shape index (κ1) is 14.1. The number of nitrogen functional groups attached to an aromatic ring is 1. The largest absolute Gasteiger partial charge is 0.439 e. The van der Waals surface area contributed by atoms with E-state index in [4.69, 9.17) is 10.6 Å². The first-order valence-corrected chi connectivity index (χ1v) is 6.10. The normalized spacial score (nSPS) is 10.4. The molecule has 0 fully saturated rings. The molecular formula is C13H14F2N4O. The molecule has 0 saturated heterocycles. The van der Waals surface area contributed by atoms with Gasteiger partial charge in [-0.05, 0) is 18.6 Å². The van der Waals surface area contributed by atoms with Crippen LogP contribution < -0.4 is 16.0 Å². The molecule has 0 spiro atoms. The third-order valence-corrected chi connectivity index (χ3v) is 2.48. The molecule has 2 rings (SSSR count). The summed E-state index contributed by atoms with van der Waals surface area (Å²) in [6, 6.07) is 4.73. The van der Waals surface area contributed by atoms with Gasteiger partial charge >= 0.3 is 0 Å². The number of rotatable bonds is 5. The minimum absolute atomic E-state index is 0.146. The molecule has 20 heavy (non-hydrogen) atoms. The van der Waals surface area contributed by atoms with Gasteiger partial charge in [0, 0.05) is 18.6 Å². The lowest BCUT2D eigenvalue weighted by Crippen LogP contribution is -2.10. The first-order chi connectivity index (χ1) is 9.62. The molecule has 7 heteroatoms. The molecule has 5 nitrogen and oxygen atoms in total. The van der Waals surface area contributed by atoms with E-state index < -0.39 is 11.6 Å². The summed E-state index contributed by atoms with van der Waals surface area (Å²) < 4.78 is 31.3. The molecule has 0 radical (unpaired) electrons. The summed E-state index contributed by atoms with van der Waals surface area (Å²) in [5, 5.41) is 0. The van der Waals surface area contributed by atoms with Gasteiger partial charge in [0.1, 0.15) is 17.4 Å². The Morgan fingerprint density at radius 3 is 2.65 bits per heavy atom. The lowest BCUT2D eigenvalue weighted by atomic mass is 10.3. The summed E-state index contributed by atoms with van der Waals surface area (Å²) >= 11 is 0. The van der Waals surface area contributed by atoms with Crippen molar-refractivity contribution in [1.82, 2.24) is 9.97 Å². The Morgan fingerprint density at radius 2 is 2.00 bits per heavy atom. The van der Waals surface area contributed by atoms with Crippen molar-refractivity contribution in [3.05, 3.63) is 41.7 Å². The second-order valence-electron chi connectivity index (χ2n) is 4.08.